The van der Waals surface area contributed by atoms with Gasteiger partial charge in [0.05, 0.1) is 20.8 Å². The van der Waals surface area contributed by atoms with Crippen molar-refractivity contribution < 1.29 is 49.5 Å². The molecule has 3 aliphatic heterocycles. The zero-order valence-corrected chi connectivity index (χ0v) is 20.6. The lowest BCUT2D eigenvalue weighted by Crippen LogP contribution is -2.40. The van der Waals surface area contributed by atoms with Gasteiger partial charge in [0.2, 0.25) is 0 Å². The van der Waals surface area contributed by atoms with Crippen LogP contribution in [0.1, 0.15) is 29.5 Å². The number of fused-ring (bicyclic) bond motifs is 6. The van der Waals surface area contributed by atoms with Crippen molar-refractivity contribution in [3.8, 4) is 28.7 Å². The van der Waals surface area contributed by atoms with E-state index in [9.17, 15) is 21.6 Å². The monoisotopic (exact) mass is 530 g/mol. The van der Waals surface area contributed by atoms with Crippen LogP contribution in [-0.2, 0) is 27.1 Å². The molecule has 2 aromatic carbocycles. The average molecular weight is 531 g/mol. The van der Waals surface area contributed by atoms with Gasteiger partial charge in [-0.05, 0) is 24.1 Å². The lowest BCUT2D eigenvalue weighted by atomic mass is 9.82. The van der Waals surface area contributed by atoms with Crippen molar-refractivity contribution in [2.45, 2.75) is 43.4 Å². The summed E-state index contributed by atoms with van der Waals surface area (Å²) in [6, 6.07) is 7.44. The number of methoxy groups -OCH3 is 2. The van der Waals surface area contributed by atoms with E-state index >= 15 is 0 Å². The van der Waals surface area contributed by atoms with Crippen LogP contribution in [0.4, 0.5) is 13.2 Å². The van der Waals surface area contributed by atoms with Gasteiger partial charge in [-0.2, -0.15) is 21.6 Å². The number of halogens is 3. The number of alkyl halides is 3. The van der Waals surface area contributed by atoms with E-state index in [2.05, 4.69) is 4.18 Å². The molecule has 0 saturated heterocycles. The van der Waals surface area contributed by atoms with E-state index in [1.807, 2.05) is 24.3 Å². The van der Waals surface area contributed by atoms with Crippen LogP contribution in [0.2, 0.25) is 0 Å². The maximum Gasteiger partial charge on any atom is 0.523 e. The standard InChI is InChI=1S/C24H25F3O8S/c1-12(10-33-36(28,29)24(25,26)27)18-8-16-17(34-18)5-4-13-6-14-15-7-20(30-2)21(31-3)9-19(15)32-11-22(14)35-23(13)16/h4-5,7,9,12,14,18,22H,6,8,10-11H2,1-3H3/t12?,14-,18+,22+/m0/s1. The van der Waals surface area contributed by atoms with Crippen molar-refractivity contribution in [1.82, 2.24) is 0 Å². The molecule has 0 saturated carbocycles. The average Bonchev–Trinajstić information content (AvgIpc) is 3.29. The molecular weight excluding hydrogens is 505 g/mol. The second kappa shape index (κ2) is 8.91. The van der Waals surface area contributed by atoms with Crippen LogP contribution in [0.25, 0.3) is 0 Å². The number of hydrogen-bond acceptors (Lipinski definition) is 8. The van der Waals surface area contributed by atoms with Crippen LogP contribution >= 0.6 is 0 Å². The highest BCUT2D eigenvalue weighted by Gasteiger charge is 2.48. The van der Waals surface area contributed by atoms with Gasteiger partial charge in [-0.1, -0.05) is 13.0 Å². The first-order chi connectivity index (χ1) is 17.0. The Morgan fingerprint density at radius 1 is 1.06 bits per heavy atom. The van der Waals surface area contributed by atoms with Gasteiger partial charge in [0, 0.05) is 35.4 Å². The van der Waals surface area contributed by atoms with Crippen LogP contribution < -0.4 is 23.7 Å². The molecule has 36 heavy (non-hydrogen) atoms. The normalized spacial score (nSPS) is 23.1. The summed E-state index contributed by atoms with van der Waals surface area (Å²) >= 11 is 0. The molecule has 1 unspecified atom stereocenters. The van der Waals surface area contributed by atoms with Gasteiger partial charge in [-0.25, -0.2) is 0 Å². The van der Waals surface area contributed by atoms with Crippen molar-refractivity contribution in [2.75, 3.05) is 27.4 Å². The van der Waals surface area contributed by atoms with Crippen LogP contribution in [0.3, 0.4) is 0 Å². The molecule has 0 N–H and O–H groups in total. The van der Waals surface area contributed by atoms with Crippen molar-refractivity contribution >= 4 is 10.1 Å². The van der Waals surface area contributed by atoms with Crippen molar-refractivity contribution in [3.05, 3.63) is 41.0 Å². The molecule has 3 aliphatic rings. The quantitative estimate of drug-likeness (QED) is 0.409. The fourth-order valence-electron chi connectivity index (χ4n) is 4.89. The molecule has 0 fully saturated rings. The fraction of sp³-hybridized carbons (Fsp3) is 0.500. The molecule has 2 aromatic rings. The minimum atomic E-state index is -5.66. The maximum absolute atomic E-state index is 12.6. The highest BCUT2D eigenvalue weighted by atomic mass is 32.2. The Balaban J connectivity index is 1.35. The Hall–Kier alpha value is -2.86. The summed E-state index contributed by atoms with van der Waals surface area (Å²) in [4.78, 5) is 0. The van der Waals surface area contributed by atoms with Gasteiger partial charge in [0.1, 0.15) is 36.1 Å². The van der Waals surface area contributed by atoms with E-state index in [1.54, 1.807) is 21.1 Å². The predicted octanol–water partition coefficient (Wildman–Crippen LogP) is 3.99. The lowest BCUT2D eigenvalue weighted by Gasteiger charge is -2.38. The molecule has 0 amide bonds. The summed E-state index contributed by atoms with van der Waals surface area (Å²) in [5, 5.41) is 0. The Bertz CT molecular complexity index is 1280. The first-order valence-corrected chi connectivity index (χ1v) is 12.8. The summed E-state index contributed by atoms with van der Waals surface area (Å²) in [6.07, 6.45) is 0.226. The van der Waals surface area contributed by atoms with Crippen molar-refractivity contribution in [3.63, 3.8) is 0 Å². The van der Waals surface area contributed by atoms with Crippen molar-refractivity contribution in [2.24, 2.45) is 5.92 Å². The molecule has 0 spiro atoms. The van der Waals surface area contributed by atoms with E-state index in [0.29, 0.717) is 48.2 Å². The number of hydrogen-bond donors (Lipinski definition) is 0. The van der Waals surface area contributed by atoms with Crippen LogP contribution in [0.5, 0.6) is 28.7 Å². The lowest BCUT2D eigenvalue weighted by molar-refractivity contribution is -0.0557. The molecular formula is C24H25F3O8S. The third-order valence-corrected chi connectivity index (χ3v) is 7.88. The van der Waals surface area contributed by atoms with Crippen LogP contribution in [-0.4, -0.2) is 53.6 Å². The highest BCUT2D eigenvalue weighted by Crippen LogP contribution is 2.50. The molecule has 8 nitrogen and oxygen atoms in total. The van der Waals surface area contributed by atoms with Crippen LogP contribution in [0, 0.1) is 5.92 Å². The van der Waals surface area contributed by atoms with E-state index < -0.39 is 34.3 Å². The largest absolute Gasteiger partial charge is 0.523 e. The van der Waals surface area contributed by atoms with Crippen molar-refractivity contribution in [1.29, 1.82) is 0 Å². The smallest absolute Gasteiger partial charge is 0.493 e. The van der Waals surface area contributed by atoms with Gasteiger partial charge >= 0.3 is 15.6 Å². The van der Waals surface area contributed by atoms with E-state index in [0.717, 1.165) is 16.7 Å². The summed E-state index contributed by atoms with van der Waals surface area (Å²) in [5.74, 6) is 2.54. The molecule has 3 heterocycles. The Labute approximate surface area is 206 Å². The van der Waals surface area contributed by atoms with Gasteiger partial charge in [0.25, 0.3) is 0 Å². The maximum atomic E-state index is 12.6. The topological polar surface area (TPSA) is 89.5 Å². The van der Waals surface area contributed by atoms with Gasteiger partial charge in [-0.3, -0.25) is 4.18 Å². The molecule has 0 aliphatic carbocycles. The van der Waals surface area contributed by atoms with E-state index in [1.165, 1.54) is 0 Å². The SMILES string of the molecule is COc1cc2c(cc1OC)[C@@H]1Cc3ccc4c(c3O[C@@H]1CO2)C[C@H](C(C)COS(=O)(=O)C(F)(F)F)O4. The molecule has 0 bridgehead atoms. The first-order valence-electron chi connectivity index (χ1n) is 11.3. The van der Waals surface area contributed by atoms with Gasteiger partial charge in [-0.15, -0.1) is 0 Å². The minimum Gasteiger partial charge on any atom is -0.493 e. The van der Waals surface area contributed by atoms with Crippen LogP contribution in [0.15, 0.2) is 24.3 Å². The van der Waals surface area contributed by atoms with E-state index in [4.69, 9.17) is 23.7 Å². The number of ether oxygens (including phenoxy) is 5. The molecule has 0 aromatic heterocycles. The van der Waals surface area contributed by atoms with E-state index in [-0.39, 0.29) is 12.0 Å². The van der Waals surface area contributed by atoms with Gasteiger partial charge in [0.15, 0.2) is 11.5 Å². The third-order valence-electron chi connectivity index (χ3n) is 6.86. The predicted molar refractivity (Wildman–Crippen MR) is 121 cm³/mol. The summed E-state index contributed by atoms with van der Waals surface area (Å²) < 4.78 is 93.6. The zero-order chi connectivity index (χ0) is 25.8. The minimum absolute atomic E-state index is 0.0251. The Morgan fingerprint density at radius 3 is 2.47 bits per heavy atom. The number of benzene rings is 2. The van der Waals surface area contributed by atoms with Gasteiger partial charge < -0.3 is 23.7 Å². The molecule has 4 atom stereocenters. The zero-order valence-electron chi connectivity index (χ0n) is 19.8. The third kappa shape index (κ3) is 4.19. The summed E-state index contributed by atoms with van der Waals surface area (Å²) in [7, 11) is -2.53. The second-order valence-electron chi connectivity index (χ2n) is 9.08. The summed E-state index contributed by atoms with van der Waals surface area (Å²) in [6.45, 7) is 1.27. The first kappa shape index (κ1) is 24.8. The molecule has 0 radical (unpaired) electrons. The Morgan fingerprint density at radius 2 is 1.78 bits per heavy atom. The summed E-state index contributed by atoms with van der Waals surface area (Å²) in [5.41, 5.74) is -2.73. The highest BCUT2D eigenvalue weighted by molar-refractivity contribution is 7.87. The molecule has 196 valence electrons. The molecule has 5 rings (SSSR count). The molecule has 12 heteroatoms. The fourth-order valence-corrected chi connectivity index (χ4v) is 5.42. The number of rotatable bonds is 6. The second-order valence-corrected chi connectivity index (χ2v) is 10.7. The Kier molecular flexibility index (Phi) is 6.14.